The molecule has 4 rings (SSSR count). The summed E-state index contributed by atoms with van der Waals surface area (Å²) in [6, 6.07) is 12.4. The van der Waals surface area contributed by atoms with E-state index < -0.39 is 17.7 Å². The van der Waals surface area contributed by atoms with Crippen molar-refractivity contribution >= 4 is 39.2 Å². The summed E-state index contributed by atoms with van der Waals surface area (Å²) < 4.78 is 17.3. The summed E-state index contributed by atoms with van der Waals surface area (Å²) in [6.07, 6.45) is 0. The molecular weight excluding hydrogens is 516 g/mol. The summed E-state index contributed by atoms with van der Waals surface area (Å²) in [5.41, 5.74) is 0.363. The number of ketones is 1. The van der Waals surface area contributed by atoms with Crippen LogP contribution in [0.15, 0.2) is 63.1 Å². The van der Waals surface area contributed by atoms with Gasteiger partial charge in [-0.2, -0.15) is 0 Å². The van der Waals surface area contributed by atoms with Gasteiger partial charge in [0.1, 0.15) is 29.1 Å². The van der Waals surface area contributed by atoms with E-state index in [1.165, 1.54) is 19.1 Å². The molecule has 1 fully saturated rings. The number of benzene rings is 2. The summed E-state index contributed by atoms with van der Waals surface area (Å²) in [7, 11) is 3.00. The van der Waals surface area contributed by atoms with Gasteiger partial charge in [0.25, 0.3) is 5.78 Å². The number of carbonyl (C=O) groups is 2. The largest absolute Gasteiger partial charge is 0.507 e. The lowest BCUT2D eigenvalue weighted by atomic mass is 9.93. The molecule has 35 heavy (non-hydrogen) atoms. The maximum absolute atomic E-state index is 13.4. The van der Waals surface area contributed by atoms with Crippen molar-refractivity contribution < 1.29 is 28.7 Å². The van der Waals surface area contributed by atoms with E-state index in [0.29, 0.717) is 28.4 Å². The first-order chi connectivity index (χ1) is 16.6. The Balaban J connectivity index is 1.99. The lowest BCUT2D eigenvalue weighted by Crippen LogP contribution is -2.30. The fourth-order valence-electron chi connectivity index (χ4n) is 3.91. The van der Waals surface area contributed by atoms with Crippen LogP contribution in [0, 0.1) is 0 Å². The van der Waals surface area contributed by atoms with Crippen LogP contribution in [0.5, 0.6) is 11.5 Å². The second-order valence-electron chi connectivity index (χ2n) is 9.08. The molecule has 1 amide bonds. The standard InChI is InChI=1S/C26H25BrN2O6/c1-26(2,3)19-13-20(28-35-19)29-22(17-12-16(33-4)10-11-18(17)34-5)21(24(31)25(29)32)23(30)14-6-8-15(27)9-7-14/h6-13,22,30H,1-5H3. The Labute approximate surface area is 211 Å². The van der Waals surface area contributed by atoms with Crippen molar-refractivity contribution in [2.75, 3.05) is 19.1 Å². The van der Waals surface area contributed by atoms with Crippen molar-refractivity contribution in [1.82, 2.24) is 5.16 Å². The van der Waals surface area contributed by atoms with Crippen LogP contribution in [0.3, 0.4) is 0 Å². The molecule has 8 nitrogen and oxygen atoms in total. The average Bonchev–Trinajstić information content (AvgIpc) is 3.42. The zero-order chi connectivity index (χ0) is 25.5. The van der Waals surface area contributed by atoms with Crippen LogP contribution in [-0.4, -0.2) is 36.2 Å². The Hall–Kier alpha value is -3.59. The van der Waals surface area contributed by atoms with Crippen molar-refractivity contribution in [3.63, 3.8) is 0 Å². The number of carbonyl (C=O) groups excluding carboxylic acids is 2. The number of hydrogen-bond donors (Lipinski definition) is 1. The van der Waals surface area contributed by atoms with E-state index in [1.807, 2.05) is 20.8 Å². The second kappa shape index (κ2) is 9.22. The first kappa shape index (κ1) is 24.5. The third-order valence-electron chi connectivity index (χ3n) is 5.78. The van der Waals surface area contributed by atoms with Gasteiger partial charge in [-0.05, 0) is 30.3 Å². The lowest BCUT2D eigenvalue weighted by Gasteiger charge is -2.25. The van der Waals surface area contributed by atoms with Crippen molar-refractivity contribution in [2.45, 2.75) is 32.2 Å². The number of rotatable bonds is 5. The van der Waals surface area contributed by atoms with Gasteiger partial charge in [0.05, 0.1) is 19.8 Å². The maximum Gasteiger partial charge on any atom is 0.301 e. The van der Waals surface area contributed by atoms with E-state index in [4.69, 9.17) is 14.0 Å². The third-order valence-corrected chi connectivity index (χ3v) is 6.31. The number of ether oxygens (including phenoxy) is 2. The first-order valence-electron chi connectivity index (χ1n) is 10.8. The maximum atomic E-state index is 13.4. The quantitative estimate of drug-likeness (QED) is 0.263. The van der Waals surface area contributed by atoms with Crippen LogP contribution in [0.2, 0.25) is 0 Å². The molecule has 2 aromatic carbocycles. The minimum Gasteiger partial charge on any atom is -0.507 e. The zero-order valence-corrected chi connectivity index (χ0v) is 21.5. The number of aliphatic hydroxyl groups is 1. The summed E-state index contributed by atoms with van der Waals surface area (Å²) in [6.45, 7) is 5.84. The number of aliphatic hydroxyl groups excluding tert-OH is 1. The fourth-order valence-corrected chi connectivity index (χ4v) is 4.18. The molecule has 0 saturated carbocycles. The van der Waals surface area contributed by atoms with Crippen LogP contribution < -0.4 is 14.4 Å². The summed E-state index contributed by atoms with van der Waals surface area (Å²) in [5.74, 6) is -0.407. The van der Waals surface area contributed by atoms with E-state index in [1.54, 1.807) is 48.5 Å². The Morgan fingerprint density at radius 2 is 1.74 bits per heavy atom. The fraction of sp³-hybridized carbons (Fsp3) is 0.269. The van der Waals surface area contributed by atoms with Crippen LogP contribution >= 0.6 is 15.9 Å². The van der Waals surface area contributed by atoms with E-state index >= 15 is 0 Å². The van der Waals surface area contributed by atoms with Crippen molar-refractivity contribution in [3.8, 4) is 11.5 Å². The predicted molar refractivity (Wildman–Crippen MR) is 134 cm³/mol. The van der Waals surface area contributed by atoms with Crippen LogP contribution in [0.25, 0.3) is 5.76 Å². The lowest BCUT2D eigenvalue weighted by molar-refractivity contribution is -0.132. The highest BCUT2D eigenvalue weighted by Gasteiger charge is 2.49. The molecule has 0 spiro atoms. The Morgan fingerprint density at radius 3 is 2.31 bits per heavy atom. The number of anilines is 1. The predicted octanol–water partition coefficient (Wildman–Crippen LogP) is 5.38. The average molecular weight is 541 g/mol. The molecule has 1 aromatic heterocycles. The molecule has 0 radical (unpaired) electrons. The normalized spacial score (nSPS) is 17.7. The SMILES string of the molecule is COc1ccc(OC)c(C2C(=C(O)c3ccc(Br)cc3)C(=O)C(=O)N2c2cc(C(C)(C)C)on2)c1. The first-order valence-corrected chi connectivity index (χ1v) is 11.6. The van der Waals surface area contributed by atoms with Gasteiger partial charge < -0.3 is 19.1 Å². The third kappa shape index (κ3) is 4.43. The minimum atomic E-state index is -1.04. The summed E-state index contributed by atoms with van der Waals surface area (Å²) in [5, 5.41) is 15.4. The number of nitrogens with zero attached hydrogens (tertiary/aromatic N) is 2. The highest BCUT2D eigenvalue weighted by Crippen LogP contribution is 2.46. The smallest absolute Gasteiger partial charge is 0.301 e. The molecule has 1 aliphatic rings. The van der Waals surface area contributed by atoms with E-state index in [-0.39, 0.29) is 22.6 Å². The second-order valence-corrected chi connectivity index (χ2v) is 10.00. The number of hydrogen-bond acceptors (Lipinski definition) is 7. The molecule has 9 heteroatoms. The Bertz CT molecular complexity index is 1320. The van der Waals surface area contributed by atoms with Crippen molar-refractivity contribution in [2.24, 2.45) is 0 Å². The summed E-state index contributed by atoms with van der Waals surface area (Å²) >= 11 is 3.37. The van der Waals surface area contributed by atoms with Gasteiger partial charge in [0.2, 0.25) is 0 Å². The summed E-state index contributed by atoms with van der Waals surface area (Å²) in [4.78, 5) is 28.0. The van der Waals surface area contributed by atoms with Gasteiger partial charge in [0.15, 0.2) is 5.82 Å². The molecule has 2 heterocycles. The number of amides is 1. The highest BCUT2D eigenvalue weighted by atomic mass is 79.9. The van der Waals surface area contributed by atoms with Crippen LogP contribution in [0.1, 0.15) is 43.7 Å². The number of methoxy groups -OCH3 is 2. The van der Waals surface area contributed by atoms with E-state index in [0.717, 1.165) is 4.47 Å². The number of aromatic nitrogens is 1. The van der Waals surface area contributed by atoms with E-state index in [9.17, 15) is 14.7 Å². The molecule has 1 unspecified atom stereocenters. The molecular formula is C26H25BrN2O6. The number of halogens is 1. The molecule has 1 atom stereocenters. The topological polar surface area (TPSA) is 102 Å². The molecule has 1 N–H and O–H groups in total. The zero-order valence-electron chi connectivity index (χ0n) is 20.0. The van der Waals surface area contributed by atoms with Crippen LogP contribution in [-0.2, 0) is 15.0 Å². The van der Waals surface area contributed by atoms with Gasteiger partial charge in [0, 0.05) is 27.1 Å². The molecule has 1 saturated heterocycles. The van der Waals surface area contributed by atoms with E-state index in [2.05, 4.69) is 21.1 Å². The van der Waals surface area contributed by atoms with Crippen molar-refractivity contribution in [3.05, 3.63) is 75.5 Å². The molecule has 0 bridgehead atoms. The molecule has 182 valence electrons. The Kier molecular flexibility index (Phi) is 6.46. The van der Waals surface area contributed by atoms with Gasteiger partial charge in [-0.3, -0.25) is 14.5 Å². The molecule has 1 aliphatic heterocycles. The van der Waals surface area contributed by atoms with Gasteiger partial charge in [-0.25, -0.2) is 0 Å². The van der Waals surface area contributed by atoms with Gasteiger partial charge >= 0.3 is 5.91 Å². The van der Waals surface area contributed by atoms with Gasteiger partial charge in [-0.15, -0.1) is 0 Å². The monoisotopic (exact) mass is 540 g/mol. The number of Topliss-reactive ketones (excluding diaryl/α,β-unsaturated/α-hetero) is 1. The van der Waals surface area contributed by atoms with Crippen LogP contribution in [0.4, 0.5) is 5.82 Å². The van der Waals surface area contributed by atoms with Gasteiger partial charge in [-0.1, -0.05) is 54.0 Å². The Morgan fingerprint density at radius 1 is 1.06 bits per heavy atom. The highest BCUT2D eigenvalue weighted by molar-refractivity contribution is 9.10. The molecule has 3 aromatic rings. The minimum absolute atomic E-state index is 0.0933. The van der Waals surface area contributed by atoms with Crippen molar-refractivity contribution in [1.29, 1.82) is 0 Å². The molecule has 0 aliphatic carbocycles.